The van der Waals surface area contributed by atoms with Crippen LogP contribution in [0.2, 0.25) is 0 Å². The number of pyridine rings is 2. The molecule has 3 heterocycles. The van der Waals surface area contributed by atoms with Crippen molar-refractivity contribution in [1.29, 1.82) is 0 Å². The number of hydrogen-bond acceptors (Lipinski definition) is 7. The lowest BCUT2D eigenvalue weighted by atomic mass is 10.0. The van der Waals surface area contributed by atoms with Gasteiger partial charge in [-0.15, -0.1) is 11.8 Å². The molecule has 0 spiro atoms. The molecule has 2 amide bonds. The summed E-state index contributed by atoms with van der Waals surface area (Å²) in [5.74, 6) is 0.639. The molecule has 8 nitrogen and oxygen atoms in total. The van der Waals surface area contributed by atoms with Gasteiger partial charge in [-0.1, -0.05) is 12.1 Å². The van der Waals surface area contributed by atoms with Crippen LogP contribution in [0.5, 0.6) is 5.75 Å². The summed E-state index contributed by atoms with van der Waals surface area (Å²) in [7, 11) is 1.63. The van der Waals surface area contributed by atoms with Crippen LogP contribution >= 0.6 is 34.4 Å². The molecule has 0 fully saturated rings. The predicted octanol–water partition coefficient (Wildman–Crippen LogP) is 5.29. The molecule has 0 bridgehead atoms. The van der Waals surface area contributed by atoms with Gasteiger partial charge in [0.05, 0.1) is 17.7 Å². The predicted molar refractivity (Wildman–Crippen MR) is 150 cm³/mol. The summed E-state index contributed by atoms with van der Waals surface area (Å²) < 4.78 is 6.52. The fourth-order valence-corrected chi connectivity index (χ4v) is 5.30. The average Bonchev–Trinajstić information content (AvgIpc) is 2.94. The molecule has 1 aliphatic rings. The summed E-state index contributed by atoms with van der Waals surface area (Å²) >= 11 is 3.76. The van der Waals surface area contributed by atoms with E-state index in [1.807, 2.05) is 48.5 Å². The second-order valence-corrected chi connectivity index (χ2v) is 10.4. The number of aromatic nitrogens is 2. The normalized spacial score (nSPS) is 14.5. The molecular formula is C27H22IN5O3S. The van der Waals surface area contributed by atoms with Gasteiger partial charge in [0.25, 0.3) is 11.8 Å². The van der Waals surface area contributed by atoms with Crippen LogP contribution in [-0.2, 0) is 5.75 Å². The van der Waals surface area contributed by atoms with E-state index in [1.165, 1.54) is 17.4 Å². The Labute approximate surface area is 232 Å². The van der Waals surface area contributed by atoms with Gasteiger partial charge in [-0.3, -0.25) is 20.0 Å². The third-order valence-electron chi connectivity index (χ3n) is 5.78. The highest BCUT2D eigenvalue weighted by atomic mass is 127. The first kappa shape index (κ1) is 25.0. The molecule has 10 heteroatoms. The Morgan fingerprint density at radius 1 is 1.11 bits per heavy atom. The van der Waals surface area contributed by atoms with Crippen molar-refractivity contribution in [3.8, 4) is 5.75 Å². The van der Waals surface area contributed by atoms with Crippen molar-refractivity contribution < 1.29 is 14.3 Å². The number of methoxy groups -OCH3 is 1. The number of rotatable bonds is 7. The Balaban J connectivity index is 1.50. The van der Waals surface area contributed by atoms with E-state index in [2.05, 4.69) is 43.3 Å². The molecule has 186 valence electrons. The maximum Gasteiger partial charge on any atom is 0.276 e. The molecule has 1 atom stereocenters. The molecule has 0 saturated heterocycles. The van der Waals surface area contributed by atoms with Crippen molar-refractivity contribution >= 4 is 51.9 Å². The standard InChI is InChI=1S/C27H22IN5O3S/c1-36-23-8-5-18(14-19(23)16-37-24-4-2-3-11-30-24)25-31-22-7-6-20(28)15-21(22)27(35)33(25)32-26(34)17-9-12-29-13-10-17/h2-15,25,31H,16H2,1H3,(H,32,34)/t25-/m0/s1. The highest BCUT2D eigenvalue weighted by molar-refractivity contribution is 14.1. The highest BCUT2D eigenvalue weighted by Gasteiger charge is 2.35. The topological polar surface area (TPSA) is 96.5 Å². The number of thioether (sulfide) groups is 1. The molecule has 2 N–H and O–H groups in total. The fourth-order valence-electron chi connectivity index (χ4n) is 3.97. The molecule has 2 aromatic heterocycles. The van der Waals surface area contributed by atoms with Crippen molar-refractivity contribution in [1.82, 2.24) is 20.4 Å². The lowest BCUT2D eigenvalue weighted by Gasteiger charge is -2.38. The minimum absolute atomic E-state index is 0.306. The Morgan fingerprint density at radius 3 is 2.70 bits per heavy atom. The van der Waals surface area contributed by atoms with Crippen molar-refractivity contribution in [2.45, 2.75) is 16.9 Å². The summed E-state index contributed by atoms with van der Waals surface area (Å²) in [5, 5.41) is 5.68. The van der Waals surface area contributed by atoms with Crippen LogP contribution in [0.15, 0.2) is 90.3 Å². The number of halogens is 1. The van der Waals surface area contributed by atoms with Crippen LogP contribution in [0, 0.1) is 3.57 Å². The average molecular weight is 623 g/mol. The minimum Gasteiger partial charge on any atom is -0.496 e. The zero-order valence-corrected chi connectivity index (χ0v) is 22.7. The summed E-state index contributed by atoms with van der Waals surface area (Å²) in [6.07, 6.45) is 4.19. The Kier molecular flexibility index (Phi) is 7.56. The zero-order valence-electron chi connectivity index (χ0n) is 19.7. The van der Waals surface area contributed by atoms with Gasteiger partial charge in [0.2, 0.25) is 0 Å². The van der Waals surface area contributed by atoms with Crippen LogP contribution in [-0.4, -0.2) is 33.9 Å². The van der Waals surface area contributed by atoms with Crippen LogP contribution in [0.25, 0.3) is 0 Å². The number of ether oxygens (including phenoxy) is 1. The van der Waals surface area contributed by atoms with Gasteiger partial charge in [0.1, 0.15) is 11.9 Å². The van der Waals surface area contributed by atoms with Gasteiger partial charge in [-0.25, -0.2) is 9.99 Å². The van der Waals surface area contributed by atoms with E-state index in [9.17, 15) is 9.59 Å². The van der Waals surface area contributed by atoms with Crippen molar-refractivity contribution in [2.24, 2.45) is 0 Å². The summed E-state index contributed by atoms with van der Waals surface area (Å²) in [6.45, 7) is 0. The van der Waals surface area contributed by atoms with Gasteiger partial charge in [-0.2, -0.15) is 0 Å². The van der Waals surface area contributed by atoms with E-state index in [0.29, 0.717) is 22.6 Å². The molecule has 0 saturated carbocycles. The minimum atomic E-state index is -0.643. The first-order chi connectivity index (χ1) is 18.0. The number of nitrogens with zero attached hydrogens (tertiary/aromatic N) is 3. The first-order valence-electron chi connectivity index (χ1n) is 11.3. The monoisotopic (exact) mass is 623 g/mol. The molecule has 2 aromatic carbocycles. The Hall–Kier alpha value is -3.64. The van der Waals surface area contributed by atoms with Crippen molar-refractivity contribution in [2.75, 3.05) is 12.4 Å². The van der Waals surface area contributed by atoms with Gasteiger partial charge in [0, 0.05) is 44.7 Å². The maximum atomic E-state index is 13.7. The van der Waals surface area contributed by atoms with Gasteiger partial charge < -0.3 is 10.1 Å². The fraction of sp³-hybridized carbons (Fsp3) is 0.111. The number of fused-ring (bicyclic) bond motifs is 1. The Morgan fingerprint density at radius 2 is 1.95 bits per heavy atom. The van der Waals surface area contributed by atoms with Crippen LogP contribution < -0.4 is 15.5 Å². The van der Waals surface area contributed by atoms with E-state index in [1.54, 1.807) is 43.3 Å². The lowest BCUT2D eigenvalue weighted by molar-refractivity contribution is 0.0490. The van der Waals surface area contributed by atoms with Gasteiger partial charge >= 0.3 is 0 Å². The third kappa shape index (κ3) is 5.54. The molecule has 0 unspecified atom stereocenters. The van der Waals surface area contributed by atoms with Crippen LogP contribution in [0.1, 0.15) is 38.0 Å². The summed E-state index contributed by atoms with van der Waals surface area (Å²) in [6, 6.07) is 20.4. The molecule has 0 radical (unpaired) electrons. The van der Waals surface area contributed by atoms with Crippen molar-refractivity contribution in [3.63, 3.8) is 0 Å². The zero-order chi connectivity index (χ0) is 25.8. The van der Waals surface area contributed by atoms with E-state index in [0.717, 1.165) is 25.5 Å². The Bertz CT molecular complexity index is 1440. The second-order valence-electron chi connectivity index (χ2n) is 8.12. The smallest absolute Gasteiger partial charge is 0.276 e. The van der Waals surface area contributed by atoms with Crippen LogP contribution in [0.4, 0.5) is 5.69 Å². The number of anilines is 1. The molecule has 0 aliphatic carbocycles. The number of amides is 2. The maximum absolute atomic E-state index is 13.7. The molecule has 4 aromatic rings. The molecule has 37 heavy (non-hydrogen) atoms. The lowest BCUT2D eigenvalue weighted by Crippen LogP contribution is -2.52. The largest absolute Gasteiger partial charge is 0.496 e. The van der Waals surface area contributed by atoms with Gasteiger partial charge in [0.15, 0.2) is 0 Å². The van der Waals surface area contributed by atoms with Gasteiger partial charge in [-0.05, 0) is 82.8 Å². The number of benzene rings is 2. The quantitative estimate of drug-likeness (QED) is 0.213. The number of hydrogen-bond donors (Lipinski definition) is 2. The molecular weight excluding hydrogens is 601 g/mol. The second kappa shape index (κ2) is 11.2. The number of hydrazine groups is 1. The van der Waals surface area contributed by atoms with Crippen LogP contribution in [0.3, 0.4) is 0 Å². The van der Waals surface area contributed by atoms with E-state index >= 15 is 0 Å². The molecule has 1 aliphatic heterocycles. The number of carbonyl (C=O) groups is 2. The van der Waals surface area contributed by atoms with E-state index < -0.39 is 12.1 Å². The molecule has 5 rings (SSSR count). The number of nitrogens with one attached hydrogen (secondary N) is 2. The van der Waals surface area contributed by atoms with E-state index in [-0.39, 0.29) is 5.91 Å². The SMILES string of the molecule is COc1ccc([C@H]2Nc3ccc(I)cc3C(=O)N2NC(=O)c2ccncc2)cc1CSc1ccccn1. The van der Waals surface area contributed by atoms with Crippen molar-refractivity contribution in [3.05, 3.63) is 111 Å². The van der Waals surface area contributed by atoms with E-state index in [4.69, 9.17) is 4.74 Å². The summed E-state index contributed by atoms with van der Waals surface area (Å²) in [5.41, 5.74) is 6.13. The third-order valence-corrected chi connectivity index (χ3v) is 7.44. The number of carbonyl (C=O) groups excluding carboxylic acids is 2. The summed E-state index contributed by atoms with van der Waals surface area (Å²) in [4.78, 5) is 35.1. The first-order valence-corrected chi connectivity index (χ1v) is 13.4. The highest BCUT2D eigenvalue weighted by Crippen LogP contribution is 2.36.